The molecule has 3 nitrogen and oxygen atoms in total. The van der Waals surface area contributed by atoms with Gasteiger partial charge in [0.05, 0.1) is 0 Å². The normalized spacial score (nSPS) is 31.7. The largest absolute Gasteiger partial charge is 0.309 e. The van der Waals surface area contributed by atoms with Crippen molar-refractivity contribution in [3.05, 3.63) is 23.4 Å². The van der Waals surface area contributed by atoms with E-state index in [4.69, 9.17) is 0 Å². The summed E-state index contributed by atoms with van der Waals surface area (Å²) in [7, 11) is 0. The summed E-state index contributed by atoms with van der Waals surface area (Å²) in [5, 5.41) is 0. The highest BCUT2D eigenvalue weighted by atomic mass is 16.2. The van der Waals surface area contributed by atoms with Crippen molar-refractivity contribution in [3.8, 4) is 0 Å². The molecule has 2 heterocycles. The Labute approximate surface area is 159 Å². The van der Waals surface area contributed by atoms with Crippen LogP contribution in [0.1, 0.15) is 78.1 Å². The van der Waals surface area contributed by atoms with Gasteiger partial charge >= 0.3 is 0 Å². The second-order valence-corrected chi connectivity index (χ2v) is 9.27. The number of nitrogens with zero attached hydrogens (tertiary/aromatic N) is 2. The molecule has 0 aromatic carbocycles. The number of likely N-dealkylation sites (tertiary alicyclic amines) is 1. The van der Waals surface area contributed by atoms with Crippen LogP contribution in [0.5, 0.6) is 0 Å². The quantitative estimate of drug-likeness (QED) is 0.718. The van der Waals surface area contributed by atoms with Gasteiger partial charge in [-0.1, -0.05) is 19.9 Å². The first kappa shape index (κ1) is 18.3. The van der Waals surface area contributed by atoms with E-state index in [1.54, 1.807) is 0 Å². The molecule has 2 fully saturated rings. The fourth-order valence-corrected chi connectivity index (χ4v) is 5.76. The van der Waals surface area contributed by atoms with Crippen LogP contribution in [0.2, 0.25) is 0 Å². The summed E-state index contributed by atoms with van der Waals surface area (Å²) >= 11 is 0. The van der Waals surface area contributed by atoms with E-state index in [1.807, 2.05) is 0 Å². The van der Waals surface area contributed by atoms with Gasteiger partial charge in [0, 0.05) is 37.3 Å². The van der Waals surface area contributed by atoms with Crippen molar-refractivity contribution >= 4 is 5.91 Å². The predicted molar refractivity (Wildman–Crippen MR) is 107 cm³/mol. The van der Waals surface area contributed by atoms with Crippen molar-refractivity contribution in [2.45, 2.75) is 90.1 Å². The Morgan fingerprint density at radius 3 is 2.35 bits per heavy atom. The highest BCUT2D eigenvalue weighted by Gasteiger charge is 2.36. The number of piperidine rings is 1. The third-order valence-electron chi connectivity index (χ3n) is 7.48. The van der Waals surface area contributed by atoms with Gasteiger partial charge in [-0.2, -0.15) is 0 Å². The van der Waals surface area contributed by atoms with Gasteiger partial charge < -0.3 is 9.80 Å². The number of hydrogen-bond acceptors (Lipinski definition) is 2. The van der Waals surface area contributed by atoms with Crippen molar-refractivity contribution < 1.29 is 4.79 Å². The molecule has 0 aromatic heterocycles. The van der Waals surface area contributed by atoms with Gasteiger partial charge in [-0.05, 0) is 81.3 Å². The third-order valence-corrected chi connectivity index (χ3v) is 7.48. The summed E-state index contributed by atoms with van der Waals surface area (Å²) in [6.07, 6.45) is 16.4. The molecular weight excluding hydrogens is 320 g/mol. The second-order valence-electron chi connectivity index (χ2n) is 9.27. The van der Waals surface area contributed by atoms with Crippen molar-refractivity contribution in [2.24, 2.45) is 11.8 Å². The molecule has 4 aliphatic rings. The lowest BCUT2D eigenvalue weighted by Gasteiger charge is -2.45. The molecule has 0 spiro atoms. The second kappa shape index (κ2) is 7.88. The monoisotopic (exact) mass is 356 g/mol. The fraction of sp³-hybridized carbons (Fsp3) is 0.783. The molecule has 1 saturated heterocycles. The maximum atomic E-state index is 12.7. The van der Waals surface area contributed by atoms with Crippen LogP contribution in [0.15, 0.2) is 23.4 Å². The number of amides is 1. The summed E-state index contributed by atoms with van der Waals surface area (Å²) in [6.45, 7) is 7.12. The lowest BCUT2D eigenvalue weighted by atomic mass is 9.79. The van der Waals surface area contributed by atoms with Crippen LogP contribution in [0, 0.1) is 11.8 Å². The van der Waals surface area contributed by atoms with Crippen LogP contribution < -0.4 is 0 Å². The van der Waals surface area contributed by atoms with Gasteiger partial charge in [0.1, 0.15) is 0 Å². The van der Waals surface area contributed by atoms with Gasteiger partial charge in [-0.3, -0.25) is 4.79 Å². The number of carbonyl (C=O) groups is 1. The van der Waals surface area contributed by atoms with Crippen molar-refractivity contribution in [2.75, 3.05) is 13.1 Å². The average Bonchev–Trinajstić information content (AvgIpc) is 2.68. The van der Waals surface area contributed by atoms with Gasteiger partial charge in [-0.15, -0.1) is 0 Å². The van der Waals surface area contributed by atoms with E-state index in [9.17, 15) is 4.79 Å². The highest BCUT2D eigenvalue weighted by molar-refractivity contribution is 5.81. The lowest BCUT2D eigenvalue weighted by Crippen LogP contribution is -2.51. The van der Waals surface area contributed by atoms with Crippen molar-refractivity contribution in [3.63, 3.8) is 0 Å². The molecule has 0 radical (unpaired) electrons. The SMILES string of the molecule is CC(C)C1CCC(N2CCC(N3C(=O)CCC4=C3C=CCC4)CC2)CC1. The van der Waals surface area contributed by atoms with E-state index in [0.29, 0.717) is 11.9 Å². The van der Waals surface area contributed by atoms with Crippen LogP contribution in [0.4, 0.5) is 0 Å². The van der Waals surface area contributed by atoms with Gasteiger partial charge in [0.2, 0.25) is 5.91 Å². The molecule has 1 amide bonds. The van der Waals surface area contributed by atoms with Crippen molar-refractivity contribution in [1.29, 1.82) is 0 Å². The van der Waals surface area contributed by atoms with E-state index < -0.39 is 0 Å². The Morgan fingerprint density at radius 1 is 0.923 bits per heavy atom. The van der Waals surface area contributed by atoms with Crippen LogP contribution in [-0.2, 0) is 4.79 Å². The Kier molecular flexibility index (Phi) is 5.54. The maximum absolute atomic E-state index is 12.7. The Morgan fingerprint density at radius 2 is 1.65 bits per heavy atom. The van der Waals surface area contributed by atoms with Gasteiger partial charge in [-0.25, -0.2) is 0 Å². The predicted octanol–water partition coefficient (Wildman–Crippen LogP) is 4.89. The summed E-state index contributed by atoms with van der Waals surface area (Å²) in [5.41, 5.74) is 2.80. The molecule has 0 N–H and O–H groups in total. The first-order valence-electron chi connectivity index (χ1n) is 11.1. The molecule has 144 valence electrons. The van der Waals surface area contributed by atoms with Gasteiger partial charge in [0.25, 0.3) is 0 Å². The van der Waals surface area contributed by atoms with E-state index in [-0.39, 0.29) is 0 Å². The van der Waals surface area contributed by atoms with E-state index in [1.165, 1.54) is 50.0 Å². The lowest BCUT2D eigenvalue weighted by molar-refractivity contribution is -0.132. The Bertz CT molecular complexity index is 575. The summed E-state index contributed by atoms with van der Waals surface area (Å²) in [4.78, 5) is 17.6. The molecule has 0 aromatic rings. The summed E-state index contributed by atoms with van der Waals surface area (Å²) in [5.74, 6) is 2.15. The van der Waals surface area contributed by atoms with E-state index in [2.05, 4.69) is 35.8 Å². The smallest absolute Gasteiger partial charge is 0.227 e. The molecule has 3 heteroatoms. The fourth-order valence-electron chi connectivity index (χ4n) is 5.76. The highest BCUT2D eigenvalue weighted by Crippen LogP contribution is 2.36. The third kappa shape index (κ3) is 3.65. The average molecular weight is 357 g/mol. The zero-order valence-corrected chi connectivity index (χ0v) is 16.8. The molecule has 0 unspecified atom stereocenters. The van der Waals surface area contributed by atoms with Crippen LogP contribution >= 0.6 is 0 Å². The first-order chi connectivity index (χ1) is 12.6. The minimum absolute atomic E-state index is 0.367. The Balaban J connectivity index is 1.35. The first-order valence-corrected chi connectivity index (χ1v) is 11.1. The molecule has 26 heavy (non-hydrogen) atoms. The maximum Gasteiger partial charge on any atom is 0.227 e. The zero-order valence-electron chi connectivity index (χ0n) is 16.8. The standard InChI is InChI=1S/C23H36N2O/c1-17(2)18-7-10-20(11-8-18)24-15-13-21(14-16-24)25-22-6-4-3-5-19(22)9-12-23(25)26/h4,6,17-18,20-21H,3,5,7-16H2,1-2H3. The molecule has 1 saturated carbocycles. The molecule has 2 aliphatic heterocycles. The molecule has 2 aliphatic carbocycles. The molecule has 0 bridgehead atoms. The number of rotatable bonds is 3. The number of allylic oxidation sites excluding steroid dienone is 3. The van der Waals surface area contributed by atoms with E-state index >= 15 is 0 Å². The molecule has 4 rings (SSSR count). The van der Waals surface area contributed by atoms with Crippen molar-refractivity contribution in [1.82, 2.24) is 9.80 Å². The summed E-state index contributed by atoms with van der Waals surface area (Å²) < 4.78 is 0. The summed E-state index contributed by atoms with van der Waals surface area (Å²) in [6, 6.07) is 1.23. The Hall–Kier alpha value is -1.09. The molecular formula is C23H36N2O. The van der Waals surface area contributed by atoms with Crippen LogP contribution in [-0.4, -0.2) is 40.9 Å². The number of carbonyl (C=O) groups excluding carboxylic acids is 1. The van der Waals surface area contributed by atoms with Crippen LogP contribution in [0.3, 0.4) is 0 Å². The number of hydrogen-bond donors (Lipinski definition) is 0. The van der Waals surface area contributed by atoms with Crippen LogP contribution in [0.25, 0.3) is 0 Å². The van der Waals surface area contributed by atoms with E-state index in [0.717, 1.165) is 56.4 Å². The van der Waals surface area contributed by atoms with Gasteiger partial charge in [0.15, 0.2) is 0 Å². The topological polar surface area (TPSA) is 23.6 Å². The molecule has 0 atom stereocenters. The zero-order chi connectivity index (χ0) is 18.1. The minimum Gasteiger partial charge on any atom is -0.309 e. The minimum atomic E-state index is 0.367.